The van der Waals surface area contributed by atoms with Crippen LogP contribution in [0.4, 0.5) is 0 Å². The van der Waals surface area contributed by atoms with Crippen molar-refractivity contribution in [2.45, 2.75) is 38.4 Å². The minimum absolute atomic E-state index is 0.140. The number of ether oxygens (including phenoxy) is 3. The number of aryl methyl sites for hydroxylation is 1. The van der Waals surface area contributed by atoms with Crippen LogP contribution in [0, 0.1) is 12.8 Å². The average molecular weight is 514 g/mol. The number of aromatic nitrogens is 1. The Labute approximate surface area is 216 Å². The first-order chi connectivity index (χ1) is 17.6. The topological polar surface area (TPSA) is 119 Å². The van der Waals surface area contributed by atoms with Crippen molar-refractivity contribution in [2.24, 2.45) is 5.92 Å². The van der Waals surface area contributed by atoms with Gasteiger partial charge >= 0.3 is 5.97 Å². The van der Waals surface area contributed by atoms with Crippen LogP contribution >= 0.6 is 0 Å². The first-order valence-electron chi connectivity index (χ1n) is 12.1. The van der Waals surface area contributed by atoms with Crippen molar-refractivity contribution in [3.05, 3.63) is 76.7 Å². The van der Waals surface area contributed by atoms with Crippen molar-refractivity contribution in [2.75, 3.05) is 33.8 Å². The van der Waals surface area contributed by atoms with E-state index in [9.17, 15) is 19.5 Å². The third-order valence-corrected chi connectivity index (χ3v) is 6.19. The van der Waals surface area contributed by atoms with Crippen LogP contribution < -0.4 is 10.9 Å². The van der Waals surface area contributed by atoms with Crippen molar-refractivity contribution >= 4 is 11.9 Å². The molecular weight excluding hydrogens is 478 g/mol. The molecule has 1 fully saturated rings. The van der Waals surface area contributed by atoms with Gasteiger partial charge in [-0.3, -0.25) is 14.2 Å². The summed E-state index contributed by atoms with van der Waals surface area (Å²) in [5.74, 6) is -1.49. The first kappa shape index (κ1) is 28.1. The molecule has 0 bridgehead atoms. The number of nitrogens with zero attached hydrogens (tertiary/aromatic N) is 2. The summed E-state index contributed by atoms with van der Waals surface area (Å²) in [6.07, 6.45) is -0.0924. The molecule has 3 rings (SSSR count). The van der Waals surface area contributed by atoms with Crippen LogP contribution in [0.5, 0.6) is 5.75 Å². The van der Waals surface area contributed by atoms with E-state index in [1.165, 1.54) is 10.8 Å². The SMILES string of the molecule is C=CC1C(C(C)OC(=O)c2ccccc2)OC(n2cc(C)c(O)cc2=O)C1OCC(=O)NCCN(C)C. The Morgan fingerprint density at radius 2 is 2.00 bits per heavy atom. The van der Waals surface area contributed by atoms with Crippen LogP contribution in [0.1, 0.15) is 29.1 Å². The molecule has 0 aliphatic carbocycles. The lowest BCUT2D eigenvalue weighted by Gasteiger charge is -2.24. The van der Waals surface area contributed by atoms with Gasteiger partial charge in [-0.1, -0.05) is 24.3 Å². The number of aromatic hydroxyl groups is 1. The molecule has 10 nitrogen and oxygen atoms in total. The first-order valence-corrected chi connectivity index (χ1v) is 12.1. The Morgan fingerprint density at radius 3 is 2.65 bits per heavy atom. The molecule has 2 N–H and O–H groups in total. The fraction of sp³-hybridized carbons (Fsp3) is 0.444. The maximum absolute atomic E-state index is 12.8. The monoisotopic (exact) mass is 513 g/mol. The van der Waals surface area contributed by atoms with E-state index in [0.717, 1.165) is 6.07 Å². The number of benzene rings is 1. The lowest BCUT2D eigenvalue weighted by molar-refractivity contribution is -0.132. The van der Waals surface area contributed by atoms with Crippen molar-refractivity contribution in [1.82, 2.24) is 14.8 Å². The number of likely N-dealkylation sites (N-methyl/N-ethyl adjacent to an activating group) is 1. The highest BCUT2D eigenvalue weighted by atomic mass is 16.6. The average Bonchev–Trinajstić information content (AvgIpc) is 3.23. The molecule has 200 valence electrons. The maximum atomic E-state index is 12.8. The lowest BCUT2D eigenvalue weighted by atomic mass is 9.94. The van der Waals surface area contributed by atoms with E-state index in [1.807, 2.05) is 19.0 Å². The van der Waals surface area contributed by atoms with Gasteiger partial charge in [0.1, 0.15) is 30.7 Å². The van der Waals surface area contributed by atoms with Gasteiger partial charge in [-0.15, -0.1) is 6.58 Å². The number of amides is 1. The molecule has 37 heavy (non-hydrogen) atoms. The molecule has 0 spiro atoms. The molecule has 1 aromatic carbocycles. The Bertz CT molecular complexity index is 1150. The minimum Gasteiger partial charge on any atom is -0.507 e. The molecule has 10 heteroatoms. The Kier molecular flexibility index (Phi) is 9.62. The quantitative estimate of drug-likeness (QED) is 0.345. The molecule has 1 saturated heterocycles. The van der Waals surface area contributed by atoms with Crippen molar-refractivity contribution < 1.29 is 28.9 Å². The highest BCUT2D eigenvalue weighted by Crippen LogP contribution is 2.39. The molecule has 2 aromatic rings. The summed E-state index contributed by atoms with van der Waals surface area (Å²) in [6, 6.07) is 9.68. The molecule has 2 heterocycles. The molecule has 0 radical (unpaired) electrons. The number of carbonyl (C=O) groups excluding carboxylic acids is 2. The number of pyridine rings is 1. The summed E-state index contributed by atoms with van der Waals surface area (Å²) in [4.78, 5) is 39.8. The number of carbonyl (C=O) groups is 2. The highest BCUT2D eigenvalue weighted by Gasteiger charge is 2.48. The van der Waals surface area contributed by atoms with Crippen molar-refractivity contribution in [3.8, 4) is 5.75 Å². The summed E-state index contributed by atoms with van der Waals surface area (Å²) in [6.45, 7) is 8.12. The third kappa shape index (κ3) is 7.06. The van der Waals surface area contributed by atoms with Gasteiger partial charge in [-0.25, -0.2) is 4.79 Å². The summed E-state index contributed by atoms with van der Waals surface area (Å²) in [7, 11) is 3.81. The fourth-order valence-electron chi connectivity index (χ4n) is 4.18. The zero-order valence-electron chi connectivity index (χ0n) is 21.6. The Hall–Kier alpha value is -3.47. The van der Waals surface area contributed by atoms with Gasteiger partial charge < -0.3 is 29.5 Å². The predicted octanol–water partition coefficient (Wildman–Crippen LogP) is 1.87. The number of hydrogen-bond donors (Lipinski definition) is 2. The van der Waals surface area contributed by atoms with E-state index < -0.39 is 42.0 Å². The fourth-order valence-corrected chi connectivity index (χ4v) is 4.18. The van der Waals surface area contributed by atoms with E-state index in [0.29, 0.717) is 24.2 Å². The molecule has 5 atom stereocenters. The second kappa shape index (κ2) is 12.7. The summed E-state index contributed by atoms with van der Waals surface area (Å²) in [5.41, 5.74) is 0.353. The van der Waals surface area contributed by atoms with Gasteiger partial charge in [0.05, 0.1) is 5.56 Å². The second-order valence-corrected chi connectivity index (χ2v) is 9.30. The second-order valence-electron chi connectivity index (χ2n) is 9.30. The minimum atomic E-state index is -0.952. The summed E-state index contributed by atoms with van der Waals surface area (Å²) >= 11 is 0. The van der Waals surface area contributed by atoms with Crippen LogP contribution in [0.3, 0.4) is 0 Å². The van der Waals surface area contributed by atoms with Crippen LogP contribution in [0.15, 0.2) is 60.0 Å². The number of esters is 1. The van der Waals surface area contributed by atoms with Gasteiger partial charge in [0.2, 0.25) is 5.91 Å². The van der Waals surface area contributed by atoms with Crippen molar-refractivity contribution in [1.29, 1.82) is 0 Å². The van der Waals surface area contributed by atoms with Gasteiger partial charge in [0.15, 0.2) is 6.23 Å². The summed E-state index contributed by atoms with van der Waals surface area (Å²) in [5, 5.41) is 12.7. The Morgan fingerprint density at radius 1 is 1.30 bits per heavy atom. The number of nitrogens with one attached hydrogen (secondary N) is 1. The molecule has 1 aromatic heterocycles. The predicted molar refractivity (Wildman–Crippen MR) is 137 cm³/mol. The van der Waals surface area contributed by atoms with Crippen LogP contribution in [0.25, 0.3) is 0 Å². The van der Waals surface area contributed by atoms with Crippen LogP contribution in [0.2, 0.25) is 0 Å². The standard InChI is InChI=1S/C27H35N3O7/c1-6-20-24(18(3)36-27(34)19-10-8-7-9-11-19)37-26(30-15-17(2)21(31)14-23(30)33)25(20)35-16-22(32)28-12-13-29(4)5/h6-11,14-15,18,20,24-26,31H,1,12-13,16H2,2-5H3,(H,28,32). The molecule has 1 aliphatic heterocycles. The van der Waals surface area contributed by atoms with Crippen molar-refractivity contribution in [3.63, 3.8) is 0 Å². The van der Waals surface area contributed by atoms with E-state index in [2.05, 4.69) is 11.9 Å². The van der Waals surface area contributed by atoms with E-state index in [4.69, 9.17) is 14.2 Å². The molecule has 1 aliphatic rings. The van der Waals surface area contributed by atoms with E-state index >= 15 is 0 Å². The number of rotatable bonds is 11. The van der Waals surface area contributed by atoms with Gasteiger partial charge in [-0.2, -0.15) is 0 Å². The molecule has 0 saturated carbocycles. The molecule has 1 amide bonds. The van der Waals surface area contributed by atoms with Gasteiger partial charge in [-0.05, 0) is 40.1 Å². The van der Waals surface area contributed by atoms with Gasteiger partial charge in [0, 0.05) is 36.8 Å². The van der Waals surface area contributed by atoms with Crippen LogP contribution in [-0.4, -0.2) is 78.6 Å². The number of hydrogen-bond acceptors (Lipinski definition) is 8. The highest BCUT2D eigenvalue weighted by molar-refractivity contribution is 5.89. The van der Waals surface area contributed by atoms with Gasteiger partial charge in [0.25, 0.3) is 5.56 Å². The normalized spacial score (nSPS) is 22.0. The summed E-state index contributed by atoms with van der Waals surface area (Å²) < 4.78 is 19.2. The largest absolute Gasteiger partial charge is 0.507 e. The van der Waals surface area contributed by atoms with E-state index in [1.54, 1.807) is 50.3 Å². The zero-order chi connectivity index (χ0) is 27.1. The van der Waals surface area contributed by atoms with Crippen LogP contribution in [-0.2, 0) is 19.0 Å². The van der Waals surface area contributed by atoms with E-state index in [-0.39, 0.29) is 18.3 Å². The Balaban J connectivity index is 1.83. The zero-order valence-corrected chi connectivity index (χ0v) is 21.6. The molecular formula is C27H35N3O7. The third-order valence-electron chi connectivity index (χ3n) is 6.19. The molecule has 5 unspecified atom stereocenters. The lowest BCUT2D eigenvalue weighted by Crippen LogP contribution is -2.39. The maximum Gasteiger partial charge on any atom is 0.338 e. The smallest absolute Gasteiger partial charge is 0.338 e.